The lowest BCUT2D eigenvalue weighted by molar-refractivity contribution is 0.0837. The van der Waals surface area contributed by atoms with Gasteiger partial charge < -0.3 is 15.4 Å². The van der Waals surface area contributed by atoms with Crippen molar-refractivity contribution in [3.63, 3.8) is 0 Å². The molecule has 1 aliphatic rings. The van der Waals surface area contributed by atoms with Crippen molar-refractivity contribution in [1.82, 2.24) is 9.80 Å². The highest BCUT2D eigenvalue weighted by atomic mass is 32.2. The molecule has 8 heteroatoms. The lowest BCUT2D eigenvalue weighted by atomic mass is 9.90. The Hall–Kier alpha value is -2.06. The van der Waals surface area contributed by atoms with Gasteiger partial charge in [0.2, 0.25) is 0 Å². The molecule has 166 valence electrons. The Bertz CT molecular complexity index is 803. The van der Waals surface area contributed by atoms with Gasteiger partial charge in [0.05, 0.1) is 7.11 Å². The molecule has 2 rings (SSSR count). The normalized spacial score (nSPS) is 15.1. The van der Waals surface area contributed by atoms with E-state index in [4.69, 9.17) is 21.3 Å². The molecule has 0 bridgehead atoms. The van der Waals surface area contributed by atoms with Crippen molar-refractivity contribution >= 4 is 28.0 Å². The van der Waals surface area contributed by atoms with Gasteiger partial charge in [-0.25, -0.2) is 0 Å². The van der Waals surface area contributed by atoms with Crippen LogP contribution in [0.25, 0.3) is 0 Å². The number of benzene rings is 1. The molecule has 0 radical (unpaired) electrons. The number of methoxy groups -OCH3 is 1. The molecule has 0 fully saturated rings. The maximum atomic E-state index is 12.9. The van der Waals surface area contributed by atoms with E-state index in [1.54, 1.807) is 19.2 Å². The zero-order valence-corrected chi connectivity index (χ0v) is 19.7. The lowest BCUT2D eigenvalue weighted by Crippen LogP contribution is -2.46. The van der Waals surface area contributed by atoms with Crippen molar-refractivity contribution in [1.29, 1.82) is 10.8 Å². The Morgan fingerprint density at radius 1 is 1.37 bits per heavy atom. The van der Waals surface area contributed by atoms with Gasteiger partial charge in [0.15, 0.2) is 10.3 Å². The molecule has 1 amide bonds. The third kappa shape index (κ3) is 6.22. The Kier molecular flexibility index (Phi) is 7.93. The van der Waals surface area contributed by atoms with Gasteiger partial charge in [-0.2, -0.15) is 0 Å². The first-order valence-electron chi connectivity index (χ1n) is 10.3. The van der Waals surface area contributed by atoms with Gasteiger partial charge in [-0.3, -0.25) is 20.5 Å². The summed E-state index contributed by atoms with van der Waals surface area (Å²) >= 11 is 1.01. The second-order valence-electron chi connectivity index (χ2n) is 9.03. The van der Waals surface area contributed by atoms with E-state index in [2.05, 4.69) is 13.8 Å². The molecule has 7 nitrogen and oxygen atoms in total. The van der Waals surface area contributed by atoms with Crippen molar-refractivity contribution in [2.45, 2.75) is 58.5 Å². The average Bonchev–Trinajstić information content (AvgIpc) is 2.65. The first-order chi connectivity index (χ1) is 13.9. The third-order valence-corrected chi connectivity index (χ3v) is 6.10. The van der Waals surface area contributed by atoms with E-state index in [1.807, 2.05) is 31.9 Å². The first kappa shape index (κ1) is 24.2. The number of hydrogen-bond donors (Lipinski definition) is 3. The van der Waals surface area contributed by atoms with Crippen molar-refractivity contribution < 1.29 is 9.53 Å². The molecule has 1 aliphatic heterocycles. The molecule has 0 spiro atoms. The monoisotopic (exact) mass is 433 g/mol. The zero-order chi connectivity index (χ0) is 22.6. The molecule has 1 unspecified atom stereocenters. The minimum atomic E-state index is -0.347. The number of amidine groups is 2. The van der Waals surface area contributed by atoms with E-state index < -0.39 is 0 Å². The molecular formula is C22H35N5O2S. The molecule has 1 heterocycles. The molecule has 0 saturated carbocycles. The maximum Gasteiger partial charge on any atom is 0.260 e. The fourth-order valence-corrected chi connectivity index (χ4v) is 4.46. The summed E-state index contributed by atoms with van der Waals surface area (Å²) in [4.78, 5) is 16.2. The minimum absolute atomic E-state index is 0.0774. The summed E-state index contributed by atoms with van der Waals surface area (Å²) in [7, 11) is 3.48. The molecule has 1 aromatic carbocycles. The Morgan fingerprint density at radius 3 is 2.60 bits per heavy atom. The van der Waals surface area contributed by atoms with Crippen LogP contribution in [0.1, 0.15) is 56.5 Å². The van der Waals surface area contributed by atoms with Crippen LogP contribution in [-0.4, -0.2) is 58.3 Å². The Balaban J connectivity index is 2.08. The quantitative estimate of drug-likeness (QED) is 0.468. The van der Waals surface area contributed by atoms with Crippen LogP contribution in [0.15, 0.2) is 18.2 Å². The Morgan fingerprint density at radius 2 is 2.03 bits per heavy atom. The highest BCUT2D eigenvalue weighted by Gasteiger charge is 2.30. The molecular weight excluding hydrogens is 398 g/mol. The third-order valence-electron chi connectivity index (χ3n) is 5.20. The summed E-state index contributed by atoms with van der Waals surface area (Å²) in [6.45, 7) is 8.72. The van der Waals surface area contributed by atoms with E-state index in [-0.39, 0.29) is 27.8 Å². The fourth-order valence-electron chi connectivity index (χ4n) is 3.70. The van der Waals surface area contributed by atoms with Crippen LogP contribution in [0.5, 0.6) is 5.75 Å². The number of carbonyl (C=O) groups excluding carboxylic acids is 1. The maximum absolute atomic E-state index is 12.9. The number of thioether (sulfide) groups is 1. The van der Waals surface area contributed by atoms with Crippen LogP contribution in [0.2, 0.25) is 0 Å². The highest BCUT2D eigenvalue weighted by Crippen LogP contribution is 2.27. The number of rotatable bonds is 6. The summed E-state index contributed by atoms with van der Waals surface area (Å²) < 4.78 is 5.24. The number of nitrogens with one attached hydrogen (secondary N) is 2. The van der Waals surface area contributed by atoms with Gasteiger partial charge in [-0.15, -0.1) is 0 Å². The van der Waals surface area contributed by atoms with E-state index in [9.17, 15) is 4.79 Å². The molecule has 4 N–H and O–H groups in total. The van der Waals surface area contributed by atoms with Gasteiger partial charge in [-0.1, -0.05) is 13.8 Å². The van der Waals surface area contributed by atoms with Crippen LogP contribution in [0.4, 0.5) is 0 Å². The molecule has 0 aromatic heterocycles. The summed E-state index contributed by atoms with van der Waals surface area (Å²) in [5.41, 5.74) is 7.42. The number of carbonyl (C=O) groups is 1. The van der Waals surface area contributed by atoms with Crippen molar-refractivity contribution in [2.24, 2.45) is 11.7 Å². The summed E-state index contributed by atoms with van der Waals surface area (Å²) in [5.74, 6) is 0.991. The number of nitrogens with two attached hydrogens (primary N) is 1. The van der Waals surface area contributed by atoms with Crippen LogP contribution >= 0.6 is 11.8 Å². The molecule has 0 saturated heterocycles. The number of hydrogen-bond acceptors (Lipinski definition) is 6. The fraction of sp³-hybridized carbons (Fsp3) is 0.591. The van der Waals surface area contributed by atoms with Crippen LogP contribution < -0.4 is 10.5 Å². The van der Waals surface area contributed by atoms with E-state index in [1.165, 1.54) is 4.90 Å². The molecule has 0 aliphatic carbocycles. The first-order valence-corrected chi connectivity index (χ1v) is 11.1. The predicted molar refractivity (Wildman–Crippen MR) is 125 cm³/mol. The van der Waals surface area contributed by atoms with Crippen molar-refractivity contribution in [2.75, 3.05) is 20.7 Å². The van der Waals surface area contributed by atoms with E-state index >= 15 is 0 Å². The molecule has 30 heavy (non-hydrogen) atoms. The predicted octanol–water partition coefficient (Wildman–Crippen LogP) is 3.77. The van der Waals surface area contributed by atoms with Crippen molar-refractivity contribution in [3.8, 4) is 5.75 Å². The summed E-state index contributed by atoms with van der Waals surface area (Å²) in [5, 5.41) is 17.3. The van der Waals surface area contributed by atoms with Gasteiger partial charge in [0.25, 0.3) is 5.91 Å². The van der Waals surface area contributed by atoms with Crippen molar-refractivity contribution in [3.05, 3.63) is 29.3 Å². The Labute approximate surface area is 184 Å². The second kappa shape index (κ2) is 9.83. The summed E-state index contributed by atoms with van der Waals surface area (Å²) in [6, 6.07) is 5.49. The standard InChI is InChI=1S/C22H35N5O2S/c1-14(2)11-16(13-22(3,4)25)26(5)20(23)30-21(24)27-10-9-15-12-17(29-6)7-8-18(15)19(27)28/h7-8,12,14,16,23-24H,9-11,13,25H2,1-6H3. The smallest absolute Gasteiger partial charge is 0.260 e. The van der Waals surface area contributed by atoms with E-state index in [0.29, 0.717) is 24.4 Å². The van der Waals surface area contributed by atoms with Crippen LogP contribution in [0.3, 0.4) is 0 Å². The SMILES string of the molecule is COc1ccc2c(c1)CCN(C(=N)SC(=N)N(C)C(CC(C)C)CC(C)(C)N)C2=O. The van der Waals surface area contributed by atoms with E-state index in [0.717, 1.165) is 35.9 Å². The second-order valence-corrected chi connectivity index (χ2v) is 10.0. The topological polar surface area (TPSA) is 106 Å². The van der Waals surface area contributed by atoms with Gasteiger partial charge in [0, 0.05) is 30.7 Å². The highest BCUT2D eigenvalue weighted by molar-refractivity contribution is 8.26. The van der Waals surface area contributed by atoms with Gasteiger partial charge >= 0.3 is 0 Å². The van der Waals surface area contributed by atoms with Gasteiger partial charge in [-0.05, 0) is 74.6 Å². The zero-order valence-electron chi connectivity index (χ0n) is 18.9. The minimum Gasteiger partial charge on any atom is -0.497 e. The summed E-state index contributed by atoms with van der Waals surface area (Å²) in [6.07, 6.45) is 2.31. The molecule has 1 aromatic rings. The largest absolute Gasteiger partial charge is 0.497 e. The van der Waals surface area contributed by atoms with Crippen LogP contribution in [0, 0.1) is 16.7 Å². The number of amides is 1. The molecule has 1 atom stereocenters. The number of fused-ring (bicyclic) bond motifs is 1. The lowest BCUT2D eigenvalue weighted by Gasteiger charge is -2.36. The number of nitrogens with zero attached hydrogens (tertiary/aromatic N) is 2. The average molecular weight is 434 g/mol. The number of ether oxygens (including phenoxy) is 1. The van der Waals surface area contributed by atoms with Crippen LogP contribution in [-0.2, 0) is 6.42 Å². The van der Waals surface area contributed by atoms with Gasteiger partial charge in [0.1, 0.15) is 5.75 Å².